The molecule has 2 atom stereocenters. The van der Waals surface area contributed by atoms with Crippen molar-refractivity contribution in [2.75, 3.05) is 18.1 Å². The Bertz CT molecular complexity index is 328. The summed E-state index contributed by atoms with van der Waals surface area (Å²) in [6, 6.07) is 0.551. The Morgan fingerprint density at radius 1 is 1.60 bits per heavy atom. The average molecular weight is 212 g/mol. The molecule has 0 spiro atoms. The Labute approximate surface area is 88.1 Å². The van der Waals surface area contributed by atoms with Crippen molar-refractivity contribution in [1.82, 2.24) is 10.2 Å². The molecule has 0 amide bonds. The van der Waals surface area contributed by atoms with Crippen LogP contribution in [-0.2, 0) is 6.54 Å². The molecule has 1 aromatic heterocycles. The van der Waals surface area contributed by atoms with Crippen LogP contribution in [0.25, 0.3) is 0 Å². The second-order valence-electron chi connectivity index (χ2n) is 3.89. The molecule has 1 saturated heterocycles. The number of nitrogens with zero attached hydrogens (tertiary/aromatic N) is 3. The Kier molecular flexibility index (Phi) is 2.88. The SMILES string of the molecule is CC1CCN(c2nnc(CN)o2)C1CO. The van der Waals surface area contributed by atoms with E-state index >= 15 is 0 Å². The lowest BCUT2D eigenvalue weighted by molar-refractivity contribution is 0.241. The highest BCUT2D eigenvalue weighted by atomic mass is 16.4. The van der Waals surface area contributed by atoms with E-state index in [9.17, 15) is 5.11 Å². The van der Waals surface area contributed by atoms with E-state index in [0.717, 1.165) is 13.0 Å². The van der Waals surface area contributed by atoms with Crippen LogP contribution >= 0.6 is 0 Å². The van der Waals surface area contributed by atoms with Crippen LogP contribution in [0.4, 0.5) is 6.01 Å². The van der Waals surface area contributed by atoms with Gasteiger partial charge in [0.1, 0.15) is 0 Å². The smallest absolute Gasteiger partial charge is 0.318 e. The highest BCUT2D eigenvalue weighted by Crippen LogP contribution is 2.28. The van der Waals surface area contributed by atoms with Gasteiger partial charge in [0.15, 0.2) is 0 Å². The fraction of sp³-hybridized carbons (Fsp3) is 0.778. The minimum atomic E-state index is 0.0797. The summed E-state index contributed by atoms with van der Waals surface area (Å²) >= 11 is 0. The molecule has 1 aromatic rings. The second-order valence-corrected chi connectivity index (χ2v) is 3.89. The van der Waals surface area contributed by atoms with E-state index in [1.54, 1.807) is 0 Å². The van der Waals surface area contributed by atoms with Gasteiger partial charge in [0.05, 0.1) is 19.2 Å². The maximum atomic E-state index is 9.28. The Morgan fingerprint density at radius 2 is 2.40 bits per heavy atom. The van der Waals surface area contributed by atoms with Crippen molar-refractivity contribution < 1.29 is 9.52 Å². The molecule has 6 heteroatoms. The predicted octanol–water partition coefficient (Wildman–Crippen LogP) is -0.265. The Hall–Kier alpha value is -1.14. The van der Waals surface area contributed by atoms with Crippen LogP contribution in [0.1, 0.15) is 19.2 Å². The first kappa shape index (κ1) is 10.4. The summed E-state index contributed by atoms with van der Waals surface area (Å²) < 4.78 is 5.36. The zero-order valence-corrected chi connectivity index (χ0v) is 8.76. The summed E-state index contributed by atoms with van der Waals surface area (Å²) in [5, 5.41) is 17.0. The summed E-state index contributed by atoms with van der Waals surface area (Å²) in [6.45, 7) is 3.32. The summed E-state index contributed by atoms with van der Waals surface area (Å²) in [5.41, 5.74) is 5.39. The number of hydrogen-bond donors (Lipinski definition) is 2. The topological polar surface area (TPSA) is 88.4 Å². The Balaban J connectivity index is 2.16. The van der Waals surface area contributed by atoms with Crippen LogP contribution < -0.4 is 10.6 Å². The molecule has 6 nitrogen and oxygen atoms in total. The van der Waals surface area contributed by atoms with Crippen molar-refractivity contribution >= 4 is 6.01 Å². The third-order valence-corrected chi connectivity index (χ3v) is 2.95. The van der Waals surface area contributed by atoms with Gasteiger partial charge in [-0.3, -0.25) is 0 Å². The van der Waals surface area contributed by atoms with Crippen molar-refractivity contribution in [3.63, 3.8) is 0 Å². The summed E-state index contributed by atoms with van der Waals surface area (Å²) in [5.74, 6) is 0.879. The van der Waals surface area contributed by atoms with Gasteiger partial charge in [0.2, 0.25) is 5.89 Å². The lowest BCUT2D eigenvalue weighted by Crippen LogP contribution is -2.35. The molecule has 0 aliphatic carbocycles. The molecular weight excluding hydrogens is 196 g/mol. The molecule has 1 aliphatic heterocycles. The van der Waals surface area contributed by atoms with Gasteiger partial charge in [-0.2, -0.15) is 0 Å². The predicted molar refractivity (Wildman–Crippen MR) is 54.2 cm³/mol. The summed E-state index contributed by atoms with van der Waals surface area (Å²) in [4.78, 5) is 1.96. The van der Waals surface area contributed by atoms with E-state index in [1.807, 2.05) is 4.90 Å². The minimum absolute atomic E-state index is 0.0797. The van der Waals surface area contributed by atoms with Crippen LogP contribution in [0.2, 0.25) is 0 Å². The van der Waals surface area contributed by atoms with Crippen molar-refractivity contribution in [3.8, 4) is 0 Å². The molecular formula is C9H16N4O2. The first-order chi connectivity index (χ1) is 7.26. The average Bonchev–Trinajstić information content (AvgIpc) is 2.83. The molecule has 0 radical (unpaired) electrons. The van der Waals surface area contributed by atoms with Gasteiger partial charge in [0.25, 0.3) is 0 Å². The number of aliphatic hydroxyl groups excluding tert-OH is 1. The van der Waals surface area contributed by atoms with Crippen molar-refractivity contribution in [2.45, 2.75) is 25.9 Å². The van der Waals surface area contributed by atoms with E-state index in [2.05, 4.69) is 17.1 Å². The van der Waals surface area contributed by atoms with E-state index in [-0.39, 0.29) is 19.2 Å². The van der Waals surface area contributed by atoms with Gasteiger partial charge in [0, 0.05) is 6.54 Å². The van der Waals surface area contributed by atoms with Crippen LogP contribution in [0.3, 0.4) is 0 Å². The fourth-order valence-electron chi connectivity index (χ4n) is 1.97. The first-order valence-corrected chi connectivity index (χ1v) is 5.16. The highest BCUT2D eigenvalue weighted by molar-refractivity contribution is 5.29. The monoisotopic (exact) mass is 212 g/mol. The van der Waals surface area contributed by atoms with E-state index in [1.165, 1.54) is 0 Å². The lowest BCUT2D eigenvalue weighted by Gasteiger charge is -2.22. The molecule has 2 unspecified atom stereocenters. The van der Waals surface area contributed by atoms with Crippen LogP contribution in [0.15, 0.2) is 4.42 Å². The number of rotatable bonds is 3. The van der Waals surface area contributed by atoms with Gasteiger partial charge in [-0.25, -0.2) is 0 Å². The summed E-state index contributed by atoms with van der Waals surface area (Å²) in [7, 11) is 0. The van der Waals surface area contributed by atoms with Gasteiger partial charge < -0.3 is 20.2 Å². The molecule has 2 rings (SSSR count). The van der Waals surface area contributed by atoms with Gasteiger partial charge >= 0.3 is 6.01 Å². The zero-order valence-electron chi connectivity index (χ0n) is 8.76. The molecule has 0 bridgehead atoms. The molecule has 2 heterocycles. The molecule has 0 saturated carbocycles. The standard InChI is InChI=1S/C9H16N4O2/c1-6-2-3-13(7(6)5-14)9-12-11-8(4-10)15-9/h6-7,14H,2-5,10H2,1H3. The van der Waals surface area contributed by atoms with E-state index < -0.39 is 0 Å². The largest absolute Gasteiger partial charge is 0.407 e. The maximum absolute atomic E-state index is 9.28. The van der Waals surface area contributed by atoms with Crippen LogP contribution in [0.5, 0.6) is 0 Å². The molecule has 1 fully saturated rings. The number of nitrogens with two attached hydrogens (primary N) is 1. The summed E-state index contributed by atoms with van der Waals surface area (Å²) in [6.07, 6.45) is 1.03. The number of anilines is 1. The Morgan fingerprint density at radius 3 is 3.00 bits per heavy atom. The van der Waals surface area contributed by atoms with Crippen molar-refractivity contribution in [2.24, 2.45) is 11.7 Å². The number of hydrogen-bond acceptors (Lipinski definition) is 6. The first-order valence-electron chi connectivity index (χ1n) is 5.16. The van der Waals surface area contributed by atoms with E-state index in [0.29, 0.717) is 17.8 Å². The van der Waals surface area contributed by atoms with Crippen LogP contribution in [0, 0.1) is 5.92 Å². The zero-order chi connectivity index (χ0) is 10.8. The van der Waals surface area contributed by atoms with E-state index in [4.69, 9.17) is 10.2 Å². The second kappa shape index (κ2) is 4.16. The quantitative estimate of drug-likeness (QED) is 0.717. The van der Waals surface area contributed by atoms with Crippen LogP contribution in [-0.4, -0.2) is 34.5 Å². The lowest BCUT2D eigenvalue weighted by atomic mass is 10.0. The van der Waals surface area contributed by atoms with Crippen molar-refractivity contribution in [1.29, 1.82) is 0 Å². The third-order valence-electron chi connectivity index (χ3n) is 2.95. The molecule has 0 aromatic carbocycles. The molecule has 3 N–H and O–H groups in total. The number of aromatic nitrogens is 2. The molecule has 1 aliphatic rings. The maximum Gasteiger partial charge on any atom is 0.318 e. The fourth-order valence-corrected chi connectivity index (χ4v) is 1.97. The molecule has 15 heavy (non-hydrogen) atoms. The third kappa shape index (κ3) is 1.82. The van der Waals surface area contributed by atoms with Gasteiger partial charge in [-0.05, 0) is 12.3 Å². The minimum Gasteiger partial charge on any atom is -0.407 e. The highest BCUT2D eigenvalue weighted by Gasteiger charge is 2.33. The number of aliphatic hydroxyl groups is 1. The normalized spacial score (nSPS) is 26.2. The molecule has 84 valence electrons. The van der Waals surface area contributed by atoms with Gasteiger partial charge in [-0.1, -0.05) is 12.0 Å². The van der Waals surface area contributed by atoms with Gasteiger partial charge in [-0.15, -0.1) is 5.10 Å². The van der Waals surface area contributed by atoms with Crippen molar-refractivity contribution in [3.05, 3.63) is 5.89 Å².